The first-order valence-electron chi connectivity index (χ1n) is 10.6. The van der Waals surface area contributed by atoms with Gasteiger partial charge in [-0.25, -0.2) is 15.5 Å². The number of hydrogen-bond acceptors (Lipinski definition) is 8. The van der Waals surface area contributed by atoms with Crippen molar-refractivity contribution in [2.45, 2.75) is 25.0 Å². The Balaban J connectivity index is 1.35. The lowest BCUT2D eigenvalue weighted by molar-refractivity contribution is -0.122. The molecule has 3 aromatic rings. The van der Waals surface area contributed by atoms with E-state index in [2.05, 4.69) is 26.3 Å². The van der Waals surface area contributed by atoms with E-state index in [1.807, 2.05) is 30.3 Å². The van der Waals surface area contributed by atoms with E-state index in [0.717, 1.165) is 16.9 Å². The van der Waals surface area contributed by atoms with Crippen LogP contribution in [0.25, 0.3) is 11.3 Å². The molecule has 0 bridgehead atoms. The molecule has 0 radical (unpaired) electrons. The van der Waals surface area contributed by atoms with E-state index in [1.54, 1.807) is 32.7 Å². The monoisotopic (exact) mass is 450 g/mol. The number of ether oxygens (including phenoxy) is 2. The zero-order valence-electron chi connectivity index (χ0n) is 18.4. The van der Waals surface area contributed by atoms with E-state index in [0.29, 0.717) is 17.9 Å². The van der Waals surface area contributed by atoms with Crippen LogP contribution >= 0.6 is 0 Å². The predicted molar refractivity (Wildman–Crippen MR) is 122 cm³/mol. The van der Waals surface area contributed by atoms with Crippen molar-refractivity contribution >= 4 is 5.91 Å². The number of amides is 1. The first kappa shape index (κ1) is 22.4. The summed E-state index contributed by atoms with van der Waals surface area (Å²) >= 11 is 0. The van der Waals surface area contributed by atoms with Crippen LogP contribution in [0.2, 0.25) is 0 Å². The summed E-state index contributed by atoms with van der Waals surface area (Å²) in [5.41, 5.74) is 8.32. The number of benzene rings is 1. The first-order chi connectivity index (χ1) is 16.1. The van der Waals surface area contributed by atoms with Crippen molar-refractivity contribution in [1.82, 2.24) is 30.9 Å². The highest BCUT2D eigenvalue weighted by Crippen LogP contribution is 2.33. The molecule has 3 heterocycles. The third kappa shape index (κ3) is 5.18. The van der Waals surface area contributed by atoms with Crippen LogP contribution in [0.3, 0.4) is 0 Å². The Morgan fingerprint density at radius 2 is 2.06 bits per heavy atom. The summed E-state index contributed by atoms with van der Waals surface area (Å²) in [5, 5.41) is 7.26. The van der Waals surface area contributed by atoms with Gasteiger partial charge in [-0.2, -0.15) is 5.10 Å². The van der Waals surface area contributed by atoms with Gasteiger partial charge in [-0.3, -0.25) is 14.6 Å². The minimum Gasteiger partial charge on any atom is -0.497 e. The van der Waals surface area contributed by atoms with Crippen molar-refractivity contribution in [2.75, 3.05) is 20.8 Å². The predicted octanol–water partition coefficient (Wildman–Crippen LogP) is 1.05. The number of nitrogens with zero attached hydrogens (tertiary/aromatic N) is 3. The van der Waals surface area contributed by atoms with Crippen molar-refractivity contribution in [3.63, 3.8) is 0 Å². The van der Waals surface area contributed by atoms with Crippen LogP contribution in [-0.2, 0) is 11.3 Å². The van der Waals surface area contributed by atoms with Crippen molar-refractivity contribution in [1.29, 1.82) is 0 Å². The zero-order valence-corrected chi connectivity index (χ0v) is 18.4. The van der Waals surface area contributed by atoms with E-state index in [4.69, 9.17) is 9.47 Å². The van der Waals surface area contributed by atoms with E-state index in [9.17, 15) is 9.59 Å². The largest absolute Gasteiger partial charge is 0.497 e. The second kappa shape index (κ2) is 10.2. The standard InChI is InChI=1S/C23H26N6O4/c1-32-16-5-7-21(33-2)17(12-16)19-13-20(27-26-19)23(31)25-10-11-29-22(30)8-6-18(28-29)15-4-3-9-24-14-15/h3-9,12,14,19-20,26-27H,10-11,13H2,1-2H3,(H,25,31). The number of carbonyl (C=O) groups excluding carboxylic acids is 1. The fourth-order valence-electron chi connectivity index (χ4n) is 3.73. The van der Waals surface area contributed by atoms with Gasteiger partial charge in [0.25, 0.3) is 5.56 Å². The van der Waals surface area contributed by atoms with Crippen molar-refractivity contribution < 1.29 is 14.3 Å². The van der Waals surface area contributed by atoms with Crippen LogP contribution < -0.4 is 31.2 Å². The third-order valence-corrected chi connectivity index (χ3v) is 5.48. The summed E-state index contributed by atoms with van der Waals surface area (Å²) in [5.74, 6) is 1.27. The molecule has 172 valence electrons. The molecule has 1 aliphatic rings. The SMILES string of the molecule is COc1ccc(OC)c(C2CC(C(=O)NCCn3nc(-c4cccnc4)ccc3=O)NN2)c1. The molecule has 33 heavy (non-hydrogen) atoms. The maximum Gasteiger partial charge on any atom is 0.266 e. The number of pyridine rings is 1. The lowest BCUT2D eigenvalue weighted by Gasteiger charge is -2.15. The molecular formula is C23H26N6O4. The molecule has 2 aromatic heterocycles. The van der Waals surface area contributed by atoms with Gasteiger partial charge in [-0.1, -0.05) is 0 Å². The van der Waals surface area contributed by atoms with Gasteiger partial charge in [0.1, 0.15) is 17.5 Å². The highest BCUT2D eigenvalue weighted by molar-refractivity contribution is 5.82. The molecule has 0 spiro atoms. The molecule has 0 aliphatic carbocycles. The molecule has 1 amide bonds. The fourth-order valence-corrected chi connectivity index (χ4v) is 3.73. The molecule has 1 fully saturated rings. The molecule has 10 heteroatoms. The summed E-state index contributed by atoms with van der Waals surface area (Å²) < 4.78 is 12.1. The normalized spacial score (nSPS) is 17.5. The van der Waals surface area contributed by atoms with Crippen LogP contribution in [0.5, 0.6) is 11.5 Å². The average Bonchev–Trinajstić information content (AvgIpc) is 3.35. The highest BCUT2D eigenvalue weighted by atomic mass is 16.5. The number of rotatable bonds is 8. The Morgan fingerprint density at radius 3 is 2.82 bits per heavy atom. The van der Waals surface area contributed by atoms with E-state index in [-0.39, 0.29) is 30.6 Å². The van der Waals surface area contributed by atoms with Gasteiger partial charge >= 0.3 is 0 Å². The molecule has 3 N–H and O–H groups in total. The van der Waals surface area contributed by atoms with Crippen LogP contribution in [-0.4, -0.2) is 47.5 Å². The minimum absolute atomic E-state index is 0.119. The number of hydrazine groups is 1. The second-order valence-corrected chi connectivity index (χ2v) is 7.55. The Morgan fingerprint density at radius 1 is 1.18 bits per heavy atom. The molecular weight excluding hydrogens is 424 g/mol. The molecule has 1 aliphatic heterocycles. The number of carbonyl (C=O) groups is 1. The van der Waals surface area contributed by atoms with Gasteiger partial charge in [0.2, 0.25) is 5.91 Å². The molecule has 4 rings (SSSR count). The van der Waals surface area contributed by atoms with Gasteiger partial charge < -0.3 is 14.8 Å². The van der Waals surface area contributed by atoms with Crippen LogP contribution in [0.1, 0.15) is 18.0 Å². The summed E-state index contributed by atoms with van der Waals surface area (Å²) in [6.45, 7) is 0.527. The molecule has 1 saturated heterocycles. The fraction of sp³-hybridized carbons (Fsp3) is 0.304. The second-order valence-electron chi connectivity index (χ2n) is 7.55. The molecule has 0 saturated carbocycles. The maximum atomic E-state index is 12.7. The number of hydrogen-bond donors (Lipinski definition) is 3. The van der Waals surface area contributed by atoms with Crippen LogP contribution in [0.15, 0.2) is 59.7 Å². The Kier molecular flexibility index (Phi) is 6.96. The number of nitrogens with one attached hydrogen (secondary N) is 3. The molecule has 2 unspecified atom stereocenters. The van der Waals surface area contributed by atoms with Crippen LogP contribution in [0, 0.1) is 0 Å². The smallest absolute Gasteiger partial charge is 0.266 e. The first-order valence-corrected chi connectivity index (χ1v) is 10.6. The van der Waals surface area contributed by atoms with E-state index in [1.165, 1.54) is 10.7 Å². The third-order valence-electron chi connectivity index (χ3n) is 5.48. The highest BCUT2D eigenvalue weighted by Gasteiger charge is 2.31. The quantitative estimate of drug-likeness (QED) is 0.466. The Hall–Kier alpha value is -3.76. The Labute approximate surface area is 190 Å². The van der Waals surface area contributed by atoms with Crippen molar-refractivity contribution in [3.05, 3.63) is 70.8 Å². The summed E-state index contributed by atoms with van der Waals surface area (Å²) in [6.07, 6.45) is 3.89. The Bertz CT molecular complexity index is 1170. The van der Waals surface area contributed by atoms with Crippen LogP contribution in [0.4, 0.5) is 0 Å². The van der Waals surface area contributed by atoms with Gasteiger partial charge in [-0.15, -0.1) is 0 Å². The summed E-state index contributed by atoms with van der Waals surface area (Å²) in [4.78, 5) is 28.9. The lowest BCUT2D eigenvalue weighted by atomic mass is 10.0. The van der Waals surface area contributed by atoms with Gasteiger partial charge in [0, 0.05) is 36.1 Å². The summed E-state index contributed by atoms with van der Waals surface area (Å²) in [6, 6.07) is 11.8. The number of aromatic nitrogens is 3. The van der Waals surface area contributed by atoms with Gasteiger partial charge in [0.15, 0.2) is 0 Å². The van der Waals surface area contributed by atoms with Gasteiger partial charge in [0.05, 0.1) is 32.5 Å². The van der Waals surface area contributed by atoms with Crippen molar-refractivity contribution in [2.24, 2.45) is 0 Å². The molecule has 10 nitrogen and oxygen atoms in total. The maximum absolute atomic E-state index is 12.7. The van der Waals surface area contributed by atoms with E-state index < -0.39 is 6.04 Å². The minimum atomic E-state index is -0.433. The van der Waals surface area contributed by atoms with E-state index >= 15 is 0 Å². The zero-order chi connectivity index (χ0) is 23.2. The summed E-state index contributed by atoms with van der Waals surface area (Å²) in [7, 11) is 3.21. The molecule has 2 atom stereocenters. The topological polar surface area (TPSA) is 119 Å². The lowest BCUT2D eigenvalue weighted by Crippen LogP contribution is -2.44. The number of methoxy groups -OCH3 is 2. The molecule has 1 aromatic carbocycles. The van der Waals surface area contributed by atoms with Crippen molar-refractivity contribution in [3.8, 4) is 22.8 Å². The average molecular weight is 450 g/mol. The van der Waals surface area contributed by atoms with Gasteiger partial charge in [-0.05, 0) is 42.8 Å².